The van der Waals surface area contributed by atoms with Gasteiger partial charge in [0.05, 0.1) is 25.6 Å². The van der Waals surface area contributed by atoms with Crippen molar-refractivity contribution < 1.29 is 4.74 Å². The Labute approximate surface area is 117 Å². The molecule has 1 aliphatic rings. The van der Waals surface area contributed by atoms with Gasteiger partial charge in [-0.3, -0.25) is 0 Å². The van der Waals surface area contributed by atoms with Crippen LogP contribution in [0, 0.1) is 0 Å². The predicted molar refractivity (Wildman–Crippen MR) is 79.2 cm³/mol. The molecule has 2 heterocycles. The number of ether oxygens (including phenoxy) is 1. The molecule has 1 fully saturated rings. The molecule has 0 saturated carbocycles. The van der Waals surface area contributed by atoms with Gasteiger partial charge < -0.3 is 20.7 Å². The standard InChI is InChI=1S/C14H17N5O/c15-13-9-17-14(10-16-13)18-11-1-3-12(4-2-11)19-5-7-20-8-6-19/h1-4,9-10H,5-8H2,(H2,15,16)(H,17,18). The Morgan fingerprint density at radius 2 is 1.80 bits per heavy atom. The molecule has 0 spiro atoms. The highest BCUT2D eigenvalue weighted by atomic mass is 16.5. The van der Waals surface area contributed by atoms with Gasteiger partial charge >= 0.3 is 0 Å². The van der Waals surface area contributed by atoms with Crippen molar-refractivity contribution in [2.24, 2.45) is 0 Å². The minimum Gasteiger partial charge on any atom is -0.382 e. The van der Waals surface area contributed by atoms with Crippen LogP contribution < -0.4 is 16.0 Å². The van der Waals surface area contributed by atoms with Crippen molar-refractivity contribution >= 4 is 23.0 Å². The van der Waals surface area contributed by atoms with Crippen LogP contribution in [0.5, 0.6) is 0 Å². The van der Waals surface area contributed by atoms with Gasteiger partial charge in [0, 0.05) is 24.5 Å². The van der Waals surface area contributed by atoms with E-state index in [1.54, 1.807) is 6.20 Å². The minimum atomic E-state index is 0.415. The first-order valence-corrected chi connectivity index (χ1v) is 6.58. The molecule has 2 aromatic rings. The van der Waals surface area contributed by atoms with Gasteiger partial charge in [0.1, 0.15) is 11.6 Å². The van der Waals surface area contributed by atoms with Gasteiger partial charge in [-0.2, -0.15) is 0 Å². The average molecular weight is 271 g/mol. The number of hydrogen-bond acceptors (Lipinski definition) is 6. The van der Waals surface area contributed by atoms with Crippen molar-refractivity contribution in [2.45, 2.75) is 0 Å². The van der Waals surface area contributed by atoms with Crippen LogP contribution >= 0.6 is 0 Å². The quantitative estimate of drug-likeness (QED) is 0.883. The van der Waals surface area contributed by atoms with Crippen molar-refractivity contribution in [2.75, 3.05) is 42.3 Å². The van der Waals surface area contributed by atoms with Crippen LogP contribution in [0.2, 0.25) is 0 Å². The number of nitrogens with one attached hydrogen (secondary N) is 1. The Hall–Kier alpha value is -2.34. The maximum Gasteiger partial charge on any atom is 0.149 e. The van der Waals surface area contributed by atoms with Crippen LogP contribution in [0.1, 0.15) is 0 Å². The molecule has 20 heavy (non-hydrogen) atoms. The van der Waals surface area contributed by atoms with Crippen molar-refractivity contribution in [1.29, 1.82) is 0 Å². The number of benzene rings is 1. The highest BCUT2D eigenvalue weighted by Gasteiger charge is 2.10. The van der Waals surface area contributed by atoms with Crippen molar-refractivity contribution in [1.82, 2.24) is 9.97 Å². The van der Waals surface area contributed by atoms with Gasteiger partial charge in [-0.1, -0.05) is 0 Å². The molecule has 3 N–H and O–H groups in total. The number of nitrogens with zero attached hydrogens (tertiary/aromatic N) is 3. The second-order valence-electron chi connectivity index (χ2n) is 4.60. The average Bonchev–Trinajstić information content (AvgIpc) is 2.51. The fourth-order valence-corrected chi connectivity index (χ4v) is 2.13. The zero-order chi connectivity index (χ0) is 13.8. The third kappa shape index (κ3) is 2.97. The highest BCUT2D eigenvalue weighted by Crippen LogP contribution is 2.20. The molecule has 0 unspecified atom stereocenters. The van der Waals surface area contributed by atoms with Crippen LogP contribution in [-0.2, 0) is 4.74 Å². The SMILES string of the molecule is Nc1cnc(Nc2ccc(N3CCOCC3)cc2)cn1. The van der Waals surface area contributed by atoms with E-state index in [9.17, 15) is 0 Å². The third-order valence-electron chi connectivity index (χ3n) is 3.19. The van der Waals surface area contributed by atoms with Gasteiger partial charge in [0.2, 0.25) is 0 Å². The normalized spacial score (nSPS) is 15.1. The Balaban J connectivity index is 1.67. The summed E-state index contributed by atoms with van der Waals surface area (Å²) < 4.78 is 5.35. The molecule has 0 amide bonds. The molecule has 1 aromatic carbocycles. The van der Waals surface area contributed by atoms with Crippen molar-refractivity contribution in [3.8, 4) is 0 Å². The van der Waals surface area contributed by atoms with E-state index in [0.717, 1.165) is 32.0 Å². The van der Waals surface area contributed by atoms with Crippen LogP contribution in [0.4, 0.5) is 23.0 Å². The molecule has 1 aromatic heterocycles. The lowest BCUT2D eigenvalue weighted by atomic mass is 10.2. The Kier molecular flexibility index (Phi) is 3.64. The third-order valence-corrected chi connectivity index (χ3v) is 3.19. The zero-order valence-corrected chi connectivity index (χ0v) is 11.1. The molecule has 0 aliphatic carbocycles. The summed E-state index contributed by atoms with van der Waals surface area (Å²) in [6.07, 6.45) is 3.15. The monoisotopic (exact) mass is 271 g/mol. The van der Waals surface area contributed by atoms with E-state index in [1.807, 2.05) is 12.1 Å². The van der Waals surface area contributed by atoms with Gasteiger partial charge in [0.15, 0.2) is 0 Å². The number of anilines is 4. The van der Waals surface area contributed by atoms with Crippen LogP contribution in [0.15, 0.2) is 36.7 Å². The van der Waals surface area contributed by atoms with E-state index in [-0.39, 0.29) is 0 Å². The van der Waals surface area contributed by atoms with Crippen LogP contribution in [-0.4, -0.2) is 36.3 Å². The van der Waals surface area contributed by atoms with Gasteiger partial charge in [-0.25, -0.2) is 9.97 Å². The highest BCUT2D eigenvalue weighted by molar-refractivity contribution is 5.60. The Bertz CT molecular complexity index is 549. The van der Waals surface area contributed by atoms with E-state index in [0.29, 0.717) is 11.6 Å². The first-order valence-electron chi connectivity index (χ1n) is 6.58. The van der Waals surface area contributed by atoms with E-state index in [4.69, 9.17) is 10.5 Å². The zero-order valence-electron chi connectivity index (χ0n) is 11.1. The minimum absolute atomic E-state index is 0.415. The van der Waals surface area contributed by atoms with E-state index in [1.165, 1.54) is 11.9 Å². The number of morpholine rings is 1. The van der Waals surface area contributed by atoms with Gasteiger partial charge in [-0.05, 0) is 24.3 Å². The van der Waals surface area contributed by atoms with Crippen molar-refractivity contribution in [3.05, 3.63) is 36.7 Å². The maximum atomic E-state index is 5.51. The second-order valence-corrected chi connectivity index (χ2v) is 4.60. The molecule has 0 atom stereocenters. The van der Waals surface area contributed by atoms with Crippen LogP contribution in [0.25, 0.3) is 0 Å². The van der Waals surface area contributed by atoms with E-state index in [2.05, 4.69) is 32.3 Å². The first kappa shape index (κ1) is 12.7. The molecular formula is C14H17N5O. The number of nitrogens with two attached hydrogens (primary N) is 1. The molecule has 6 nitrogen and oxygen atoms in total. The summed E-state index contributed by atoms with van der Waals surface area (Å²) in [5, 5.41) is 3.19. The Morgan fingerprint density at radius 1 is 1.05 bits per heavy atom. The molecule has 0 radical (unpaired) electrons. The summed E-state index contributed by atoms with van der Waals surface area (Å²) in [6, 6.07) is 8.25. The molecule has 1 aliphatic heterocycles. The maximum absolute atomic E-state index is 5.51. The summed E-state index contributed by atoms with van der Waals surface area (Å²) in [6.45, 7) is 3.47. The second kappa shape index (κ2) is 5.75. The summed E-state index contributed by atoms with van der Waals surface area (Å²) in [4.78, 5) is 10.5. The molecule has 6 heteroatoms. The molecule has 0 bridgehead atoms. The van der Waals surface area contributed by atoms with Gasteiger partial charge in [-0.15, -0.1) is 0 Å². The summed E-state index contributed by atoms with van der Waals surface area (Å²) >= 11 is 0. The van der Waals surface area contributed by atoms with E-state index < -0.39 is 0 Å². The topological polar surface area (TPSA) is 76.3 Å². The fourth-order valence-electron chi connectivity index (χ4n) is 2.13. The lowest BCUT2D eigenvalue weighted by molar-refractivity contribution is 0.122. The molecule has 104 valence electrons. The first-order chi connectivity index (χ1) is 9.81. The van der Waals surface area contributed by atoms with Crippen LogP contribution in [0.3, 0.4) is 0 Å². The number of hydrogen-bond donors (Lipinski definition) is 2. The van der Waals surface area contributed by atoms with E-state index >= 15 is 0 Å². The summed E-state index contributed by atoms with van der Waals surface area (Å²) in [5.74, 6) is 1.09. The number of nitrogen functional groups attached to an aromatic ring is 1. The summed E-state index contributed by atoms with van der Waals surface area (Å²) in [7, 11) is 0. The largest absolute Gasteiger partial charge is 0.382 e. The predicted octanol–water partition coefficient (Wildman–Crippen LogP) is 1.64. The number of rotatable bonds is 3. The smallest absolute Gasteiger partial charge is 0.149 e. The molecular weight excluding hydrogens is 254 g/mol. The number of aromatic nitrogens is 2. The lowest BCUT2D eigenvalue weighted by Crippen LogP contribution is -2.36. The fraction of sp³-hybridized carbons (Fsp3) is 0.286. The lowest BCUT2D eigenvalue weighted by Gasteiger charge is -2.28. The molecule has 3 rings (SSSR count). The molecule has 1 saturated heterocycles. The van der Waals surface area contributed by atoms with Gasteiger partial charge in [0.25, 0.3) is 0 Å². The van der Waals surface area contributed by atoms with Crippen molar-refractivity contribution in [3.63, 3.8) is 0 Å². The Morgan fingerprint density at radius 3 is 2.45 bits per heavy atom. The summed E-state index contributed by atoms with van der Waals surface area (Å²) in [5.41, 5.74) is 7.69.